The molecule has 0 radical (unpaired) electrons. The average Bonchev–Trinajstić information content (AvgIpc) is 3.30. The molecule has 0 saturated carbocycles. The summed E-state index contributed by atoms with van der Waals surface area (Å²) in [4.78, 5) is 26.4. The van der Waals surface area contributed by atoms with Gasteiger partial charge in [0, 0.05) is 31.3 Å². The molecular formula is C24H21F2N3O6S. The topological polar surface area (TPSA) is 114 Å². The Hall–Kier alpha value is -4.19. The molecule has 1 unspecified atom stereocenters. The van der Waals surface area contributed by atoms with E-state index in [2.05, 4.69) is 5.32 Å². The number of fused-ring (bicyclic) bond motifs is 1. The number of hydrogen-bond donors (Lipinski definition) is 2. The van der Waals surface area contributed by atoms with Gasteiger partial charge >= 0.3 is 6.03 Å². The largest absolute Gasteiger partial charge is 0.454 e. The maximum Gasteiger partial charge on any atom is 0.329 e. The van der Waals surface area contributed by atoms with E-state index in [9.17, 15) is 26.8 Å². The van der Waals surface area contributed by atoms with Crippen LogP contribution in [-0.4, -0.2) is 40.2 Å². The lowest BCUT2D eigenvalue weighted by Gasteiger charge is -2.25. The molecule has 3 amide bonds. The highest BCUT2D eigenvalue weighted by Crippen LogP contribution is 2.35. The fourth-order valence-electron chi connectivity index (χ4n) is 3.56. The highest BCUT2D eigenvalue weighted by molar-refractivity contribution is 7.90. The van der Waals surface area contributed by atoms with Gasteiger partial charge in [-0.1, -0.05) is 30.3 Å². The molecule has 4 rings (SSSR count). The van der Waals surface area contributed by atoms with E-state index >= 15 is 0 Å². The quantitative estimate of drug-likeness (QED) is 0.498. The molecule has 0 aromatic heterocycles. The van der Waals surface area contributed by atoms with E-state index in [1.807, 2.05) is 0 Å². The number of benzene rings is 3. The summed E-state index contributed by atoms with van der Waals surface area (Å²) in [6.07, 6.45) is 0.0347. The number of nitrogens with zero attached hydrogens (tertiary/aromatic N) is 1. The molecule has 0 saturated heterocycles. The molecule has 2 N–H and O–H groups in total. The van der Waals surface area contributed by atoms with Crippen molar-refractivity contribution in [2.75, 3.05) is 18.7 Å². The maximum absolute atomic E-state index is 14.0. The van der Waals surface area contributed by atoms with Crippen molar-refractivity contribution >= 4 is 27.6 Å². The number of hydrogen-bond acceptors (Lipinski definition) is 6. The number of anilines is 1. The molecular weight excluding hydrogens is 496 g/mol. The Morgan fingerprint density at radius 1 is 1.00 bits per heavy atom. The van der Waals surface area contributed by atoms with Crippen LogP contribution >= 0.6 is 0 Å². The second-order valence-corrected chi connectivity index (χ2v) is 9.48. The summed E-state index contributed by atoms with van der Waals surface area (Å²) in [6, 6.07) is 13.0. The standard InChI is InChI=1S/C24H21F2N3O6S/c1-29(17-8-9-20-21(13-17)35-14-34-20)23(30)19(11-15-5-3-2-4-6-15)27-24(31)28-36(32,33)22-10-7-16(25)12-18(22)26/h2-10,12-13,19H,11,14H2,1H3,(H2,27,28,31). The summed E-state index contributed by atoms with van der Waals surface area (Å²) in [5.74, 6) is -1.93. The average molecular weight is 518 g/mol. The van der Waals surface area contributed by atoms with Crippen LogP contribution < -0.4 is 24.4 Å². The minimum Gasteiger partial charge on any atom is -0.454 e. The Balaban J connectivity index is 1.55. The number of carbonyl (C=O) groups is 2. The van der Waals surface area contributed by atoms with Crippen LogP contribution in [0.1, 0.15) is 5.56 Å². The number of urea groups is 1. The van der Waals surface area contributed by atoms with Crippen molar-refractivity contribution in [2.24, 2.45) is 0 Å². The summed E-state index contributed by atoms with van der Waals surface area (Å²) >= 11 is 0. The summed E-state index contributed by atoms with van der Waals surface area (Å²) in [7, 11) is -3.20. The number of halogens is 2. The van der Waals surface area contributed by atoms with Gasteiger partial charge in [-0.2, -0.15) is 0 Å². The highest BCUT2D eigenvalue weighted by atomic mass is 32.2. The van der Waals surface area contributed by atoms with E-state index < -0.39 is 44.5 Å². The molecule has 1 atom stereocenters. The van der Waals surface area contributed by atoms with Gasteiger partial charge in [0.05, 0.1) is 0 Å². The van der Waals surface area contributed by atoms with Crippen LogP contribution in [0.3, 0.4) is 0 Å². The van der Waals surface area contributed by atoms with E-state index in [4.69, 9.17) is 9.47 Å². The Morgan fingerprint density at radius 3 is 2.44 bits per heavy atom. The fraction of sp³-hybridized carbons (Fsp3) is 0.167. The number of carbonyl (C=O) groups excluding carboxylic acids is 2. The van der Waals surface area contributed by atoms with Crippen molar-refractivity contribution in [3.05, 3.63) is 83.9 Å². The molecule has 0 fully saturated rings. The van der Waals surface area contributed by atoms with Crippen LogP contribution in [0.5, 0.6) is 11.5 Å². The third-order valence-electron chi connectivity index (χ3n) is 5.37. The van der Waals surface area contributed by atoms with Gasteiger partial charge in [0.2, 0.25) is 12.7 Å². The Labute approximate surface area is 205 Å². The zero-order chi connectivity index (χ0) is 25.9. The van der Waals surface area contributed by atoms with Crippen LogP contribution in [0.15, 0.2) is 71.6 Å². The maximum atomic E-state index is 14.0. The molecule has 3 aromatic rings. The Bertz CT molecular complexity index is 1400. The lowest BCUT2D eigenvalue weighted by molar-refractivity contribution is -0.120. The van der Waals surface area contributed by atoms with Gasteiger partial charge in [-0.25, -0.2) is 26.7 Å². The molecule has 1 aliphatic rings. The second-order valence-electron chi connectivity index (χ2n) is 7.83. The van der Waals surface area contributed by atoms with Crippen molar-refractivity contribution in [1.82, 2.24) is 10.0 Å². The number of likely N-dealkylation sites (N-methyl/N-ethyl adjacent to an activating group) is 1. The van der Waals surface area contributed by atoms with E-state index in [0.29, 0.717) is 34.9 Å². The van der Waals surface area contributed by atoms with Crippen LogP contribution in [0.4, 0.5) is 19.3 Å². The molecule has 0 bridgehead atoms. The van der Waals surface area contributed by atoms with Crippen molar-refractivity contribution in [2.45, 2.75) is 17.4 Å². The van der Waals surface area contributed by atoms with Gasteiger partial charge in [0.1, 0.15) is 22.6 Å². The zero-order valence-corrected chi connectivity index (χ0v) is 19.7. The monoisotopic (exact) mass is 517 g/mol. The van der Waals surface area contributed by atoms with Crippen molar-refractivity contribution < 1.29 is 36.3 Å². The fourth-order valence-corrected chi connectivity index (χ4v) is 4.54. The summed E-state index contributed by atoms with van der Waals surface area (Å²) in [6.45, 7) is 0.0535. The smallest absolute Gasteiger partial charge is 0.329 e. The van der Waals surface area contributed by atoms with Gasteiger partial charge in [-0.3, -0.25) is 4.79 Å². The summed E-state index contributed by atoms with van der Waals surface area (Å²) < 4.78 is 64.4. The van der Waals surface area contributed by atoms with Crippen LogP contribution in [0, 0.1) is 11.6 Å². The van der Waals surface area contributed by atoms with E-state index in [0.717, 1.165) is 6.07 Å². The highest BCUT2D eigenvalue weighted by Gasteiger charge is 2.29. The molecule has 188 valence electrons. The Kier molecular flexibility index (Phi) is 7.06. The first-order chi connectivity index (χ1) is 17.1. The summed E-state index contributed by atoms with van der Waals surface area (Å²) in [5.41, 5.74) is 1.15. The van der Waals surface area contributed by atoms with Gasteiger partial charge in [0.25, 0.3) is 10.0 Å². The first-order valence-electron chi connectivity index (χ1n) is 10.6. The lowest BCUT2D eigenvalue weighted by Crippen LogP contribution is -2.52. The number of nitrogens with one attached hydrogen (secondary N) is 2. The zero-order valence-electron chi connectivity index (χ0n) is 18.9. The molecule has 1 aliphatic heterocycles. The predicted octanol–water partition coefficient (Wildman–Crippen LogP) is 2.96. The molecule has 36 heavy (non-hydrogen) atoms. The van der Waals surface area contributed by atoms with E-state index in [-0.39, 0.29) is 13.2 Å². The van der Waals surface area contributed by atoms with Crippen molar-refractivity contribution in [3.8, 4) is 11.5 Å². The first kappa shape index (κ1) is 24.9. The van der Waals surface area contributed by atoms with E-state index in [1.165, 1.54) is 11.9 Å². The molecule has 1 heterocycles. The number of amides is 3. The molecule has 0 spiro atoms. The third kappa shape index (κ3) is 5.54. The van der Waals surface area contributed by atoms with Gasteiger partial charge in [-0.05, 0) is 29.8 Å². The van der Waals surface area contributed by atoms with Crippen LogP contribution in [0.25, 0.3) is 0 Å². The number of sulfonamides is 1. The molecule has 3 aromatic carbocycles. The predicted molar refractivity (Wildman–Crippen MR) is 125 cm³/mol. The Morgan fingerprint density at radius 2 is 1.72 bits per heavy atom. The molecule has 0 aliphatic carbocycles. The van der Waals surface area contributed by atoms with Crippen LogP contribution in [0.2, 0.25) is 0 Å². The second kappa shape index (κ2) is 10.2. The van der Waals surface area contributed by atoms with Crippen molar-refractivity contribution in [1.29, 1.82) is 0 Å². The van der Waals surface area contributed by atoms with Gasteiger partial charge in [0.15, 0.2) is 11.5 Å². The van der Waals surface area contributed by atoms with Gasteiger partial charge in [-0.15, -0.1) is 0 Å². The third-order valence-corrected chi connectivity index (χ3v) is 6.73. The normalized spacial score (nSPS) is 13.1. The number of rotatable bonds is 7. The minimum atomic E-state index is -4.69. The lowest BCUT2D eigenvalue weighted by atomic mass is 10.0. The molecule has 9 nitrogen and oxygen atoms in total. The first-order valence-corrected chi connectivity index (χ1v) is 12.1. The SMILES string of the molecule is CN(C(=O)C(Cc1ccccc1)NC(=O)NS(=O)(=O)c1ccc(F)cc1F)c1ccc2c(c1)OCO2. The molecule has 12 heteroatoms. The summed E-state index contributed by atoms with van der Waals surface area (Å²) in [5, 5.41) is 2.35. The van der Waals surface area contributed by atoms with Crippen LogP contribution in [-0.2, 0) is 21.2 Å². The van der Waals surface area contributed by atoms with E-state index in [1.54, 1.807) is 53.3 Å². The number of ether oxygens (including phenoxy) is 2. The van der Waals surface area contributed by atoms with Gasteiger partial charge < -0.3 is 19.7 Å². The van der Waals surface area contributed by atoms with Crippen molar-refractivity contribution in [3.63, 3.8) is 0 Å². The minimum absolute atomic E-state index is 0.0347.